The zero-order valence-electron chi connectivity index (χ0n) is 7.26. The molecule has 1 aromatic heterocycles. The molecule has 0 bridgehead atoms. The normalized spacial score (nSPS) is 11.2. The van der Waals surface area contributed by atoms with Crippen LogP contribution in [-0.4, -0.2) is 26.6 Å². The number of nitrogens with two attached hydrogens (primary N) is 1. The number of carbonyl (C=O) groups excluding carboxylic acids is 1. The third-order valence-electron chi connectivity index (χ3n) is 1.46. The fourth-order valence-corrected chi connectivity index (χ4v) is 1.19. The van der Waals surface area contributed by atoms with Gasteiger partial charge in [0.15, 0.2) is 0 Å². The predicted molar refractivity (Wildman–Crippen MR) is 49.0 cm³/mol. The van der Waals surface area contributed by atoms with Crippen LogP contribution in [0.25, 0.3) is 0 Å². The number of amides is 1. The minimum atomic E-state index is -3.53. The number of hydrogen-bond acceptors (Lipinski definition) is 4. The molecule has 0 unspecified atom stereocenters. The van der Waals surface area contributed by atoms with Crippen molar-refractivity contribution in [2.45, 2.75) is 0 Å². The summed E-state index contributed by atoms with van der Waals surface area (Å²) in [6.45, 7) is -0.0111. The monoisotopic (exact) mass is 218 g/mol. The Morgan fingerprint density at radius 1 is 1.57 bits per heavy atom. The van der Waals surface area contributed by atoms with Crippen molar-refractivity contribution in [2.75, 3.05) is 12.3 Å². The predicted octanol–water partition coefficient (Wildman–Crippen LogP) is -0.702. The van der Waals surface area contributed by atoms with Crippen molar-refractivity contribution in [1.82, 2.24) is 5.32 Å². The largest absolute Gasteiger partial charge is 0.472 e. The summed E-state index contributed by atoms with van der Waals surface area (Å²) in [4.78, 5) is 11.2. The summed E-state index contributed by atoms with van der Waals surface area (Å²) in [6.07, 6.45) is 2.63. The van der Waals surface area contributed by atoms with Crippen LogP contribution in [0.2, 0.25) is 0 Å². The molecule has 0 spiro atoms. The lowest BCUT2D eigenvalue weighted by Gasteiger charge is -2.01. The molecule has 0 aliphatic heterocycles. The molecule has 3 N–H and O–H groups in total. The third-order valence-corrected chi connectivity index (χ3v) is 2.23. The highest BCUT2D eigenvalue weighted by Gasteiger charge is 2.07. The van der Waals surface area contributed by atoms with Gasteiger partial charge in [0.25, 0.3) is 5.91 Å². The molecule has 0 fully saturated rings. The first-order valence-corrected chi connectivity index (χ1v) is 5.51. The van der Waals surface area contributed by atoms with Crippen LogP contribution >= 0.6 is 0 Å². The first-order valence-electron chi connectivity index (χ1n) is 3.80. The van der Waals surface area contributed by atoms with Gasteiger partial charge in [0.05, 0.1) is 17.6 Å². The van der Waals surface area contributed by atoms with E-state index in [-0.39, 0.29) is 18.2 Å². The van der Waals surface area contributed by atoms with Crippen LogP contribution in [0.4, 0.5) is 0 Å². The number of nitrogens with one attached hydrogen (secondary N) is 1. The van der Waals surface area contributed by atoms with Crippen LogP contribution in [-0.2, 0) is 10.0 Å². The van der Waals surface area contributed by atoms with E-state index in [1.165, 1.54) is 18.6 Å². The van der Waals surface area contributed by atoms with Gasteiger partial charge < -0.3 is 9.73 Å². The van der Waals surface area contributed by atoms with Gasteiger partial charge in [0.1, 0.15) is 6.26 Å². The highest BCUT2D eigenvalue weighted by Crippen LogP contribution is 1.98. The highest BCUT2D eigenvalue weighted by molar-refractivity contribution is 7.89. The molecule has 0 aliphatic rings. The zero-order valence-corrected chi connectivity index (χ0v) is 8.08. The summed E-state index contributed by atoms with van der Waals surface area (Å²) in [5, 5.41) is 7.13. The highest BCUT2D eigenvalue weighted by atomic mass is 32.2. The molecule has 14 heavy (non-hydrogen) atoms. The SMILES string of the molecule is NS(=O)(=O)CCNC(=O)c1ccoc1. The molecule has 1 amide bonds. The number of hydrogen-bond donors (Lipinski definition) is 2. The molecule has 7 heteroatoms. The maximum absolute atomic E-state index is 11.2. The minimum Gasteiger partial charge on any atom is -0.472 e. The summed E-state index contributed by atoms with van der Waals surface area (Å²) in [5.74, 6) is -0.668. The lowest BCUT2D eigenvalue weighted by molar-refractivity contribution is 0.0955. The van der Waals surface area contributed by atoms with Crippen molar-refractivity contribution in [1.29, 1.82) is 0 Å². The number of furan rings is 1. The standard InChI is InChI=1S/C7H10N2O4S/c8-14(11,12)4-2-9-7(10)6-1-3-13-5-6/h1,3,5H,2,4H2,(H,9,10)(H2,8,11,12). The Bertz CT molecular complexity index is 395. The first-order chi connectivity index (χ1) is 6.49. The molecular formula is C7H10N2O4S. The van der Waals surface area contributed by atoms with E-state index in [1.807, 2.05) is 0 Å². The van der Waals surface area contributed by atoms with Crippen LogP contribution < -0.4 is 10.5 Å². The fourth-order valence-electron chi connectivity index (χ4n) is 0.803. The average Bonchev–Trinajstić information content (AvgIpc) is 2.53. The molecule has 78 valence electrons. The van der Waals surface area contributed by atoms with E-state index in [2.05, 4.69) is 9.73 Å². The molecule has 0 radical (unpaired) electrons. The van der Waals surface area contributed by atoms with E-state index in [0.29, 0.717) is 5.56 Å². The van der Waals surface area contributed by atoms with Gasteiger partial charge in [0, 0.05) is 6.54 Å². The maximum Gasteiger partial charge on any atom is 0.254 e. The summed E-state index contributed by atoms with van der Waals surface area (Å²) in [6, 6.07) is 1.48. The Labute approximate surface area is 81.1 Å². The lowest BCUT2D eigenvalue weighted by atomic mass is 10.3. The van der Waals surface area contributed by atoms with E-state index in [1.54, 1.807) is 0 Å². The molecule has 0 aromatic carbocycles. The topological polar surface area (TPSA) is 102 Å². The van der Waals surface area contributed by atoms with Crippen molar-refractivity contribution in [2.24, 2.45) is 5.14 Å². The first kappa shape index (κ1) is 10.7. The van der Waals surface area contributed by atoms with Gasteiger partial charge in [0.2, 0.25) is 10.0 Å². The van der Waals surface area contributed by atoms with Crippen LogP contribution in [0.3, 0.4) is 0 Å². The van der Waals surface area contributed by atoms with Crippen LogP contribution in [0.15, 0.2) is 23.0 Å². The van der Waals surface area contributed by atoms with E-state index in [4.69, 9.17) is 5.14 Å². The maximum atomic E-state index is 11.2. The molecule has 6 nitrogen and oxygen atoms in total. The second-order valence-corrected chi connectivity index (χ2v) is 4.37. The fraction of sp³-hybridized carbons (Fsp3) is 0.286. The second kappa shape index (κ2) is 4.25. The third kappa shape index (κ3) is 3.58. The Hall–Kier alpha value is -1.34. The molecule has 1 aromatic rings. The Morgan fingerprint density at radius 3 is 2.79 bits per heavy atom. The summed E-state index contributed by atoms with van der Waals surface area (Å²) in [7, 11) is -3.53. The van der Waals surface area contributed by atoms with Gasteiger partial charge in [-0.15, -0.1) is 0 Å². The van der Waals surface area contributed by atoms with Crippen molar-refractivity contribution in [3.05, 3.63) is 24.2 Å². The Balaban J connectivity index is 2.37. The van der Waals surface area contributed by atoms with E-state index in [9.17, 15) is 13.2 Å². The molecular weight excluding hydrogens is 208 g/mol. The van der Waals surface area contributed by atoms with Gasteiger partial charge in [-0.3, -0.25) is 4.79 Å². The van der Waals surface area contributed by atoms with Crippen molar-refractivity contribution in [3.63, 3.8) is 0 Å². The van der Waals surface area contributed by atoms with E-state index >= 15 is 0 Å². The molecule has 1 rings (SSSR count). The van der Waals surface area contributed by atoms with E-state index < -0.39 is 10.0 Å². The smallest absolute Gasteiger partial charge is 0.254 e. The van der Waals surface area contributed by atoms with Crippen LogP contribution in [0.5, 0.6) is 0 Å². The molecule has 0 saturated carbocycles. The van der Waals surface area contributed by atoms with Gasteiger partial charge in [-0.1, -0.05) is 0 Å². The number of carbonyl (C=O) groups is 1. The Morgan fingerprint density at radius 2 is 2.29 bits per heavy atom. The lowest BCUT2D eigenvalue weighted by Crippen LogP contribution is -2.31. The van der Waals surface area contributed by atoms with E-state index in [0.717, 1.165) is 0 Å². The zero-order chi connectivity index (χ0) is 10.6. The number of primary sulfonamides is 1. The van der Waals surface area contributed by atoms with Crippen molar-refractivity contribution >= 4 is 15.9 Å². The average molecular weight is 218 g/mol. The van der Waals surface area contributed by atoms with Crippen LogP contribution in [0.1, 0.15) is 10.4 Å². The second-order valence-electron chi connectivity index (χ2n) is 2.63. The minimum absolute atomic E-state index is 0.0111. The summed E-state index contributed by atoms with van der Waals surface area (Å²) >= 11 is 0. The molecule has 0 aliphatic carbocycles. The summed E-state index contributed by atoms with van der Waals surface area (Å²) in [5.41, 5.74) is 0.347. The van der Waals surface area contributed by atoms with Gasteiger partial charge in [-0.25, -0.2) is 13.6 Å². The van der Waals surface area contributed by atoms with Crippen molar-refractivity contribution in [3.8, 4) is 0 Å². The van der Waals surface area contributed by atoms with Crippen LogP contribution in [0, 0.1) is 0 Å². The van der Waals surface area contributed by atoms with Gasteiger partial charge >= 0.3 is 0 Å². The molecule has 1 heterocycles. The number of sulfonamides is 1. The summed E-state index contributed by atoms with van der Waals surface area (Å²) < 4.78 is 25.7. The Kier molecular flexibility index (Phi) is 3.26. The molecule has 0 atom stereocenters. The molecule has 0 saturated heterocycles. The van der Waals surface area contributed by atoms with Gasteiger partial charge in [-0.05, 0) is 6.07 Å². The van der Waals surface area contributed by atoms with Crippen molar-refractivity contribution < 1.29 is 17.6 Å². The quantitative estimate of drug-likeness (QED) is 0.697. The number of rotatable bonds is 4. The van der Waals surface area contributed by atoms with Gasteiger partial charge in [-0.2, -0.15) is 0 Å².